The van der Waals surface area contributed by atoms with Gasteiger partial charge < -0.3 is 10.1 Å². The molecular weight excluding hydrogens is 293 g/mol. The van der Waals surface area contributed by atoms with Crippen LogP contribution < -0.4 is 5.32 Å². The van der Waals surface area contributed by atoms with Crippen LogP contribution in [-0.2, 0) is 17.6 Å². The molecule has 0 aromatic heterocycles. The third-order valence-electron chi connectivity index (χ3n) is 4.36. The quantitative estimate of drug-likeness (QED) is 0.918. The summed E-state index contributed by atoms with van der Waals surface area (Å²) in [5, 5.41) is 2.94. The Kier molecular flexibility index (Phi) is 4.72. The molecule has 1 aliphatic carbocycles. The first-order valence-electron chi connectivity index (χ1n) is 7.86. The van der Waals surface area contributed by atoms with Gasteiger partial charge in [-0.15, -0.1) is 0 Å². The number of hydrogen-bond donors (Lipinski definition) is 1. The second kappa shape index (κ2) is 6.92. The molecule has 1 amide bonds. The Labute approximate surface area is 135 Å². The zero-order valence-electron chi connectivity index (χ0n) is 13.1. The first kappa shape index (κ1) is 15.7. The maximum atomic E-state index is 13.0. The Morgan fingerprint density at radius 3 is 2.74 bits per heavy atom. The molecule has 0 saturated heterocycles. The number of carbonyl (C=O) groups excluding carboxylic acids is 1. The van der Waals surface area contributed by atoms with E-state index in [-0.39, 0.29) is 17.8 Å². The molecule has 4 heteroatoms. The van der Waals surface area contributed by atoms with Crippen LogP contribution in [-0.4, -0.2) is 19.6 Å². The SMILES string of the molecule is COC(CNC(=O)c1cccc2c1CCC2)c1ccc(F)cc1. The van der Waals surface area contributed by atoms with Crippen molar-refractivity contribution in [1.82, 2.24) is 5.32 Å². The largest absolute Gasteiger partial charge is 0.375 e. The van der Waals surface area contributed by atoms with Crippen molar-refractivity contribution in [2.24, 2.45) is 0 Å². The fourth-order valence-corrected chi connectivity index (χ4v) is 3.13. The second-order valence-corrected chi connectivity index (χ2v) is 5.78. The van der Waals surface area contributed by atoms with Gasteiger partial charge in [-0.05, 0) is 54.2 Å². The number of ether oxygens (including phenoxy) is 1. The van der Waals surface area contributed by atoms with Gasteiger partial charge in [0.05, 0.1) is 6.10 Å². The van der Waals surface area contributed by atoms with Gasteiger partial charge in [0.1, 0.15) is 5.82 Å². The fraction of sp³-hybridized carbons (Fsp3) is 0.316. The lowest BCUT2D eigenvalue weighted by atomic mass is 10.0. The highest BCUT2D eigenvalue weighted by Crippen LogP contribution is 2.25. The molecule has 1 N–H and O–H groups in total. The molecule has 0 radical (unpaired) electrons. The van der Waals surface area contributed by atoms with Crippen molar-refractivity contribution in [2.75, 3.05) is 13.7 Å². The van der Waals surface area contributed by atoms with Crippen molar-refractivity contribution in [2.45, 2.75) is 25.4 Å². The number of nitrogens with one attached hydrogen (secondary N) is 1. The van der Waals surface area contributed by atoms with Crippen LogP contribution >= 0.6 is 0 Å². The lowest BCUT2D eigenvalue weighted by Crippen LogP contribution is -2.29. The van der Waals surface area contributed by atoms with E-state index in [0.717, 1.165) is 30.4 Å². The van der Waals surface area contributed by atoms with Crippen LogP contribution in [0.15, 0.2) is 42.5 Å². The van der Waals surface area contributed by atoms with Crippen LogP contribution in [0, 0.1) is 5.82 Å². The maximum Gasteiger partial charge on any atom is 0.251 e. The van der Waals surface area contributed by atoms with E-state index in [1.165, 1.54) is 23.3 Å². The fourth-order valence-electron chi connectivity index (χ4n) is 3.13. The van der Waals surface area contributed by atoms with Gasteiger partial charge in [0.2, 0.25) is 0 Å². The van der Waals surface area contributed by atoms with Crippen LogP contribution in [0.3, 0.4) is 0 Å². The summed E-state index contributed by atoms with van der Waals surface area (Å²) in [7, 11) is 1.58. The van der Waals surface area contributed by atoms with Crippen LogP contribution in [0.2, 0.25) is 0 Å². The van der Waals surface area contributed by atoms with Crippen molar-refractivity contribution in [3.63, 3.8) is 0 Å². The Morgan fingerprint density at radius 2 is 2.00 bits per heavy atom. The number of fused-ring (bicyclic) bond motifs is 1. The van der Waals surface area contributed by atoms with Gasteiger partial charge in [-0.1, -0.05) is 24.3 Å². The monoisotopic (exact) mass is 313 g/mol. The van der Waals surface area contributed by atoms with E-state index in [4.69, 9.17) is 4.74 Å². The summed E-state index contributed by atoms with van der Waals surface area (Å²) in [6.07, 6.45) is 2.82. The topological polar surface area (TPSA) is 38.3 Å². The normalized spacial score (nSPS) is 14.3. The van der Waals surface area contributed by atoms with Gasteiger partial charge in [-0.3, -0.25) is 4.79 Å². The van der Waals surface area contributed by atoms with Crippen LogP contribution in [0.25, 0.3) is 0 Å². The minimum atomic E-state index is -0.295. The molecule has 1 unspecified atom stereocenters. The van der Waals surface area contributed by atoms with E-state index < -0.39 is 0 Å². The molecule has 0 bridgehead atoms. The second-order valence-electron chi connectivity index (χ2n) is 5.78. The van der Waals surface area contributed by atoms with Gasteiger partial charge in [0.25, 0.3) is 5.91 Å². The molecule has 1 aliphatic rings. The van der Waals surface area contributed by atoms with E-state index >= 15 is 0 Å². The lowest BCUT2D eigenvalue weighted by molar-refractivity contribution is 0.0827. The van der Waals surface area contributed by atoms with E-state index in [9.17, 15) is 9.18 Å². The van der Waals surface area contributed by atoms with Gasteiger partial charge >= 0.3 is 0 Å². The molecule has 23 heavy (non-hydrogen) atoms. The van der Waals surface area contributed by atoms with Gasteiger partial charge in [-0.2, -0.15) is 0 Å². The maximum absolute atomic E-state index is 13.0. The Hall–Kier alpha value is -2.20. The minimum Gasteiger partial charge on any atom is -0.375 e. The summed E-state index contributed by atoms with van der Waals surface area (Å²) in [6, 6.07) is 12.0. The minimum absolute atomic E-state index is 0.0760. The van der Waals surface area contributed by atoms with Crippen molar-refractivity contribution < 1.29 is 13.9 Å². The molecule has 3 nitrogen and oxygen atoms in total. The third-order valence-corrected chi connectivity index (χ3v) is 4.36. The number of hydrogen-bond acceptors (Lipinski definition) is 2. The van der Waals surface area contributed by atoms with Crippen molar-refractivity contribution >= 4 is 5.91 Å². The van der Waals surface area contributed by atoms with Gasteiger partial charge in [0, 0.05) is 19.2 Å². The van der Waals surface area contributed by atoms with E-state index in [2.05, 4.69) is 11.4 Å². The van der Waals surface area contributed by atoms with Gasteiger partial charge in [-0.25, -0.2) is 4.39 Å². The van der Waals surface area contributed by atoms with Crippen LogP contribution in [0.5, 0.6) is 0 Å². The standard InChI is InChI=1S/C19H20FNO2/c1-23-18(14-8-10-15(20)11-9-14)12-21-19(22)17-7-3-5-13-4-2-6-16(13)17/h3,5,7-11,18H,2,4,6,12H2,1H3,(H,21,22). The molecule has 3 rings (SSSR count). The number of carbonyl (C=O) groups is 1. The Morgan fingerprint density at radius 1 is 1.22 bits per heavy atom. The first-order chi connectivity index (χ1) is 11.2. The highest BCUT2D eigenvalue weighted by Gasteiger charge is 2.19. The average molecular weight is 313 g/mol. The number of benzene rings is 2. The summed E-state index contributed by atoms with van der Waals surface area (Å²) < 4.78 is 18.4. The number of aryl methyl sites for hydroxylation is 1. The summed E-state index contributed by atoms with van der Waals surface area (Å²) in [4.78, 5) is 12.5. The summed E-state index contributed by atoms with van der Waals surface area (Å²) >= 11 is 0. The lowest BCUT2D eigenvalue weighted by Gasteiger charge is -2.17. The molecule has 0 spiro atoms. The number of methoxy groups -OCH3 is 1. The molecule has 120 valence electrons. The predicted molar refractivity (Wildman–Crippen MR) is 87.0 cm³/mol. The predicted octanol–water partition coefficient (Wildman–Crippen LogP) is 3.43. The van der Waals surface area contributed by atoms with Crippen molar-refractivity contribution in [3.05, 3.63) is 70.5 Å². The molecule has 0 fully saturated rings. The van der Waals surface area contributed by atoms with E-state index in [0.29, 0.717) is 6.54 Å². The Bertz CT molecular complexity index is 697. The average Bonchev–Trinajstić information content (AvgIpc) is 3.05. The van der Waals surface area contributed by atoms with Crippen LogP contribution in [0.1, 0.15) is 39.6 Å². The van der Waals surface area contributed by atoms with Crippen LogP contribution in [0.4, 0.5) is 4.39 Å². The first-order valence-corrected chi connectivity index (χ1v) is 7.86. The summed E-state index contributed by atoms with van der Waals surface area (Å²) in [5.74, 6) is -0.361. The number of halogens is 1. The Balaban J connectivity index is 1.68. The highest BCUT2D eigenvalue weighted by atomic mass is 19.1. The van der Waals surface area contributed by atoms with Crippen molar-refractivity contribution in [1.29, 1.82) is 0 Å². The smallest absolute Gasteiger partial charge is 0.251 e. The zero-order chi connectivity index (χ0) is 16.2. The number of amides is 1. The molecule has 0 heterocycles. The molecular formula is C19H20FNO2. The molecule has 0 aliphatic heterocycles. The summed E-state index contributed by atoms with van der Waals surface area (Å²) in [6.45, 7) is 0.352. The third kappa shape index (κ3) is 3.42. The molecule has 2 aromatic carbocycles. The van der Waals surface area contributed by atoms with E-state index in [1.807, 2.05) is 12.1 Å². The molecule has 1 atom stereocenters. The zero-order valence-corrected chi connectivity index (χ0v) is 13.1. The highest BCUT2D eigenvalue weighted by molar-refractivity contribution is 5.96. The summed E-state index contributed by atoms with van der Waals surface area (Å²) in [5.41, 5.74) is 4.04. The molecule has 0 saturated carbocycles. The number of rotatable bonds is 5. The van der Waals surface area contributed by atoms with Gasteiger partial charge in [0.15, 0.2) is 0 Å². The molecule has 2 aromatic rings. The van der Waals surface area contributed by atoms with E-state index in [1.54, 1.807) is 19.2 Å². The van der Waals surface area contributed by atoms with Crippen molar-refractivity contribution in [3.8, 4) is 0 Å².